The number of fused-ring (bicyclic) bond motifs is 2. The molecule has 1 aromatic carbocycles. The Balaban J connectivity index is 1.47. The summed E-state index contributed by atoms with van der Waals surface area (Å²) < 4.78 is 43.4. The fraction of sp³-hybridized carbons (Fsp3) is 0.450. The van der Waals surface area contributed by atoms with E-state index < -0.39 is 31.8 Å². The first-order valence-electron chi connectivity index (χ1n) is 10.8. The van der Waals surface area contributed by atoms with Crippen molar-refractivity contribution in [1.29, 1.82) is 0 Å². The molecule has 184 valence electrons. The molecule has 2 N–H and O–H groups in total. The molecule has 5 rings (SSSR count). The Morgan fingerprint density at radius 1 is 1.37 bits per heavy atom. The van der Waals surface area contributed by atoms with Crippen molar-refractivity contribution in [2.75, 3.05) is 18.9 Å². The second-order valence-corrected chi connectivity index (χ2v) is 9.74. The van der Waals surface area contributed by atoms with E-state index in [0.717, 1.165) is 5.56 Å². The second-order valence-electron chi connectivity index (χ2n) is 8.11. The van der Waals surface area contributed by atoms with Crippen LogP contribution in [0.1, 0.15) is 25.6 Å². The Labute approximate surface area is 199 Å². The largest absolute Gasteiger partial charge is 0.476 e. The van der Waals surface area contributed by atoms with Gasteiger partial charge in [0, 0.05) is 4.91 Å². The van der Waals surface area contributed by atoms with Crippen LogP contribution in [0.2, 0.25) is 0 Å². The van der Waals surface area contributed by atoms with E-state index in [1.54, 1.807) is 18.4 Å². The van der Waals surface area contributed by atoms with Gasteiger partial charge in [0.15, 0.2) is 17.4 Å². The highest BCUT2D eigenvalue weighted by molar-refractivity contribution is 7.48. The SMILES string of the molecule is CCOc1nc(N)nc2c1ncn2[C@@H]1O[C@@H]2COP(=O)(OCc3ccccc3)O[C@H]2[C@@]1(C)N=[N+]=[N-]. The lowest BCUT2D eigenvalue weighted by atomic mass is 9.93. The van der Waals surface area contributed by atoms with Crippen LogP contribution in [0.25, 0.3) is 21.6 Å². The number of hydrogen-bond donors (Lipinski definition) is 1. The molecular formula is C20H23N8O6P. The summed E-state index contributed by atoms with van der Waals surface area (Å²) in [6, 6.07) is 9.19. The van der Waals surface area contributed by atoms with Gasteiger partial charge in [0.1, 0.15) is 17.7 Å². The summed E-state index contributed by atoms with van der Waals surface area (Å²) in [5, 5.41) is 3.99. The van der Waals surface area contributed by atoms with Gasteiger partial charge in [0.05, 0.1) is 26.1 Å². The topological polar surface area (TPSA) is 182 Å². The molecule has 2 aliphatic rings. The summed E-state index contributed by atoms with van der Waals surface area (Å²) >= 11 is 0. The van der Waals surface area contributed by atoms with Crippen molar-refractivity contribution in [2.24, 2.45) is 5.11 Å². The Bertz CT molecular complexity index is 1330. The van der Waals surface area contributed by atoms with Gasteiger partial charge in [-0.05, 0) is 24.9 Å². The molecule has 3 aromatic rings. The molecule has 0 radical (unpaired) electrons. The predicted octanol–water partition coefficient (Wildman–Crippen LogP) is 3.51. The zero-order valence-electron chi connectivity index (χ0n) is 18.9. The van der Waals surface area contributed by atoms with Crippen LogP contribution in [0.15, 0.2) is 41.8 Å². The maximum atomic E-state index is 13.3. The van der Waals surface area contributed by atoms with Crippen LogP contribution in [0.5, 0.6) is 5.88 Å². The predicted molar refractivity (Wildman–Crippen MR) is 122 cm³/mol. The number of rotatable bonds is 7. The molecule has 14 nitrogen and oxygen atoms in total. The van der Waals surface area contributed by atoms with Gasteiger partial charge in [-0.1, -0.05) is 35.4 Å². The zero-order chi connectivity index (χ0) is 24.6. The minimum absolute atomic E-state index is 0.0145. The number of nitrogen functional groups attached to an aromatic ring is 1. The van der Waals surface area contributed by atoms with Gasteiger partial charge in [0.2, 0.25) is 11.8 Å². The first kappa shape index (κ1) is 23.5. The molecule has 0 saturated carbocycles. The molecule has 35 heavy (non-hydrogen) atoms. The van der Waals surface area contributed by atoms with Crippen molar-refractivity contribution in [1.82, 2.24) is 19.5 Å². The van der Waals surface area contributed by atoms with E-state index in [4.69, 9.17) is 28.8 Å². The average Bonchev–Trinajstić information content (AvgIpc) is 3.37. The third kappa shape index (κ3) is 4.20. The number of anilines is 1. The Morgan fingerprint density at radius 3 is 2.91 bits per heavy atom. The number of hydrogen-bond acceptors (Lipinski definition) is 11. The summed E-state index contributed by atoms with van der Waals surface area (Å²) in [5.41, 5.74) is 15.4. The average molecular weight is 502 g/mol. The maximum Gasteiger partial charge on any atom is 0.475 e. The van der Waals surface area contributed by atoms with Crippen molar-refractivity contribution in [3.63, 3.8) is 0 Å². The van der Waals surface area contributed by atoms with E-state index in [9.17, 15) is 10.1 Å². The summed E-state index contributed by atoms with van der Waals surface area (Å²) in [6.07, 6.45) is -1.13. The number of benzene rings is 1. The molecule has 5 atom stereocenters. The first-order valence-corrected chi connectivity index (χ1v) is 12.3. The van der Waals surface area contributed by atoms with E-state index in [0.29, 0.717) is 17.8 Å². The van der Waals surface area contributed by atoms with Crippen LogP contribution in [0.4, 0.5) is 5.95 Å². The van der Waals surface area contributed by atoms with Gasteiger partial charge >= 0.3 is 7.82 Å². The van der Waals surface area contributed by atoms with Gasteiger partial charge in [-0.2, -0.15) is 9.97 Å². The minimum Gasteiger partial charge on any atom is -0.476 e. The fourth-order valence-electron chi connectivity index (χ4n) is 4.19. The van der Waals surface area contributed by atoms with Crippen molar-refractivity contribution >= 4 is 24.9 Å². The van der Waals surface area contributed by atoms with Crippen LogP contribution >= 0.6 is 7.82 Å². The molecule has 0 aliphatic carbocycles. The van der Waals surface area contributed by atoms with E-state index in [2.05, 4.69) is 25.0 Å². The summed E-state index contributed by atoms with van der Waals surface area (Å²) in [5.74, 6) is 0.190. The van der Waals surface area contributed by atoms with Crippen molar-refractivity contribution < 1.29 is 27.6 Å². The fourth-order valence-corrected chi connectivity index (χ4v) is 5.65. The minimum atomic E-state index is -3.98. The third-order valence-corrected chi connectivity index (χ3v) is 7.19. The lowest BCUT2D eigenvalue weighted by Gasteiger charge is -2.35. The van der Waals surface area contributed by atoms with Crippen molar-refractivity contribution in [3.05, 3.63) is 52.7 Å². The van der Waals surface area contributed by atoms with Gasteiger partial charge in [-0.15, -0.1) is 0 Å². The number of azide groups is 1. The molecule has 4 heterocycles. The molecule has 0 bridgehead atoms. The number of nitrogens with zero attached hydrogens (tertiary/aromatic N) is 7. The number of phosphoric ester groups is 1. The Morgan fingerprint density at radius 2 is 2.17 bits per heavy atom. The van der Waals surface area contributed by atoms with Gasteiger partial charge in [-0.25, -0.2) is 9.55 Å². The third-order valence-electron chi connectivity index (χ3n) is 5.79. The van der Waals surface area contributed by atoms with Crippen LogP contribution in [-0.4, -0.2) is 50.5 Å². The molecule has 1 unspecified atom stereocenters. The van der Waals surface area contributed by atoms with Crippen LogP contribution in [0, 0.1) is 0 Å². The second kappa shape index (κ2) is 9.08. The van der Waals surface area contributed by atoms with E-state index in [1.165, 1.54) is 6.33 Å². The van der Waals surface area contributed by atoms with Crippen molar-refractivity contribution in [3.8, 4) is 5.88 Å². The monoisotopic (exact) mass is 502 g/mol. The van der Waals surface area contributed by atoms with E-state index in [1.807, 2.05) is 30.3 Å². The van der Waals surface area contributed by atoms with Gasteiger partial charge in [0.25, 0.3) is 0 Å². The quantitative estimate of drug-likeness (QED) is 0.217. The molecule has 15 heteroatoms. The number of ether oxygens (including phenoxy) is 2. The van der Waals surface area contributed by atoms with Crippen molar-refractivity contribution in [2.45, 2.75) is 44.4 Å². The number of nitrogens with two attached hydrogens (primary N) is 1. The van der Waals surface area contributed by atoms with Crippen LogP contribution < -0.4 is 10.5 Å². The number of imidazole rings is 1. The molecule has 0 amide bonds. The van der Waals surface area contributed by atoms with Crippen LogP contribution in [-0.2, 0) is 29.5 Å². The van der Waals surface area contributed by atoms with E-state index in [-0.39, 0.29) is 25.0 Å². The molecular weight excluding hydrogens is 479 g/mol. The highest BCUT2D eigenvalue weighted by atomic mass is 31.2. The van der Waals surface area contributed by atoms with Gasteiger partial charge < -0.3 is 15.2 Å². The lowest BCUT2D eigenvalue weighted by molar-refractivity contribution is -0.0714. The molecule has 2 aromatic heterocycles. The normalized spacial score (nSPS) is 30.1. The zero-order valence-corrected chi connectivity index (χ0v) is 19.8. The highest BCUT2D eigenvalue weighted by Crippen LogP contribution is 2.60. The molecule has 0 spiro atoms. The summed E-state index contributed by atoms with van der Waals surface area (Å²) in [7, 11) is -3.98. The molecule has 2 aliphatic heterocycles. The Hall–Kier alpha value is -3.25. The van der Waals surface area contributed by atoms with Crippen LogP contribution in [0.3, 0.4) is 0 Å². The van der Waals surface area contributed by atoms with E-state index >= 15 is 0 Å². The lowest BCUT2D eigenvalue weighted by Crippen LogP contribution is -2.46. The standard InChI is InChI=1S/C20H23N8O6P/c1-3-30-17-14-16(24-19(21)25-17)28(11-23-14)18-20(2,26-27-22)15-13(33-18)10-32-35(29,34-15)31-9-12-7-5-4-6-8-12/h4-8,11,13,15,18H,3,9-10H2,1-2H3,(H2,21,24,25)/t13-,15-,18-,20-,35?/m1/s1. The first-order chi connectivity index (χ1) is 16.9. The highest BCUT2D eigenvalue weighted by Gasteiger charge is 2.60. The number of aromatic nitrogens is 4. The van der Waals surface area contributed by atoms with Gasteiger partial charge in [-0.3, -0.25) is 18.1 Å². The number of phosphoric acid groups is 1. The summed E-state index contributed by atoms with van der Waals surface area (Å²) in [6.45, 7) is 3.70. The Kier molecular flexibility index (Phi) is 6.09. The summed E-state index contributed by atoms with van der Waals surface area (Å²) in [4.78, 5) is 15.7. The smallest absolute Gasteiger partial charge is 0.475 e. The maximum absolute atomic E-state index is 13.3. The molecule has 2 fully saturated rings. The molecule has 2 saturated heterocycles.